The zero-order chi connectivity index (χ0) is 19.0. The molecule has 1 unspecified atom stereocenters. The summed E-state index contributed by atoms with van der Waals surface area (Å²) >= 11 is 6.04. The fourth-order valence-corrected chi connectivity index (χ4v) is 4.38. The largest absolute Gasteiger partial charge is 0.305 e. The van der Waals surface area contributed by atoms with E-state index in [9.17, 15) is 8.42 Å². The first-order valence-corrected chi connectivity index (χ1v) is 11.0. The van der Waals surface area contributed by atoms with Crippen LogP contribution in [0, 0.1) is 0 Å². The molecular weight excluding hydrogens is 388 g/mol. The van der Waals surface area contributed by atoms with Gasteiger partial charge in [-0.05, 0) is 31.5 Å². The molecule has 1 fully saturated rings. The van der Waals surface area contributed by atoms with E-state index in [2.05, 4.69) is 24.8 Å². The van der Waals surface area contributed by atoms with Crippen LogP contribution in [0.5, 0.6) is 0 Å². The van der Waals surface area contributed by atoms with Crippen LogP contribution in [0.25, 0.3) is 5.65 Å². The number of pyridine rings is 1. The van der Waals surface area contributed by atoms with Crippen molar-refractivity contribution in [3.63, 3.8) is 0 Å². The van der Waals surface area contributed by atoms with E-state index in [1.165, 1.54) is 6.20 Å². The van der Waals surface area contributed by atoms with Crippen LogP contribution in [-0.2, 0) is 16.6 Å². The predicted molar refractivity (Wildman–Crippen MR) is 105 cm³/mol. The predicted octanol–water partition coefficient (Wildman–Crippen LogP) is 2.46. The van der Waals surface area contributed by atoms with Crippen LogP contribution in [0.2, 0.25) is 5.02 Å². The molecule has 3 aromatic heterocycles. The summed E-state index contributed by atoms with van der Waals surface area (Å²) in [4.78, 5) is 6.99. The molecule has 144 valence electrons. The van der Waals surface area contributed by atoms with Gasteiger partial charge in [0.15, 0.2) is 0 Å². The van der Waals surface area contributed by atoms with Crippen molar-refractivity contribution in [3.8, 4) is 0 Å². The van der Waals surface area contributed by atoms with Crippen molar-refractivity contribution in [2.24, 2.45) is 0 Å². The maximum atomic E-state index is 11.6. The van der Waals surface area contributed by atoms with Crippen LogP contribution >= 0.6 is 11.6 Å². The van der Waals surface area contributed by atoms with E-state index in [-0.39, 0.29) is 5.92 Å². The highest BCUT2D eigenvalue weighted by Gasteiger charge is 2.26. The Morgan fingerprint density at radius 3 is 3.04 bits per heavy atom. The average Bonchev–Trinajstić information content (AvgIpc) is 3.19. The smallest absolute Gasteiger partial charge is 0.229 e. The number of H-pyrrole nitrogens is 1. The average molecular weight is 409 g/mol. The zero-order valence-corrected chi connectivity index (χ0v) is 16.5. The van der Waals surface area contributed by atoms with Crippen LogP contribution < -0.4 is 4.72 Å². The van der Waals surface area contributed by atoms with Crippen molar-refractivity contribution in [1.29, 1.82) is 0 Å². The summed E-state index contributed by atoms with van der Waals surface area (Å²) in [5, 5.41) is 7.68. The number of nitrogens with zero attached hydrogens (tertiary/aromatic N) is 4. The second-order valence-corrected chi connectivity index (χ2v) is 9.18. The van der Waals surface area contributed by atoms with Crippen LogP contribution in [-0.4, -0.2) is 52.2 Å². The zero-order valence-electron chi connectivity index (χ0n) is 14.9. The molecule has 0 spiro atoms. The first-order chi connectivity index (χ1) is 12.9. The lowest BCUT2D eigenvalue weighted by molar-refractivity contribution is 0.197. The number of imidazole rings is 1. The standard InChI is InChI=1S/C17H21ClN6O2S/c1-27(25,26)22-15-7-19-21-17(15)12-3-2-6-23(8-12)10-14-11-24-9-13(18)4-5-16(24)20-14/h4-5,7,9,11-12,22H,2-3,6,8,10H2,1H3,(H,19,21). The molecule has 0 radical (unpaired) electrons. The van der Waals surface area contributed by atoms with E-state index >= 15 is 0 Å². The van der Waals surface area contributed by atoms with Gasteiger partial charge in [-0.15, -0.1) is 0 Å². The van der Waals surface area contributed by atoms with Crippen LogP contribution in [0.15, 0.2) is 30.7 Å². The topological polar surface area (TPSA) is 95.4 Å². The van der Waals surface area contributed by atoms with E-state index < -0.39 is 10.0 Å². The van der Waals surface area contributed by atoms with Gasteiger partial charge in [-0.25, -0.2) is 13.4 Å². The Bertz CT molecular complexity index is 1060. The molecule has 0 saturated carbocycles. The quantitative estimate of drug-likeness (QED) is 0.676. The Hall–Kier alpha value is -2.10. The molecule has 3 aromatic rings. The molecule has 2 N–H and O–H groups in total. The molecule has 0 aromatic carbocycles. The highest BCUT2D eigenvalue weighted by molar-refractivity contribution is 7.92. The van der Waals surface area contributed by atoms with E-state index in [1.54, 1.807) is 0 Å². The highest BCUT2D eigenvalue weighted by atomic mass is 35.5. The van der Waals surface area contributed by atoms with Gasteiger partial charge in [0.25, 0.3) is 0 Å². The number of halogens is 1. The summed E-state index contributed by atoms with van der Waals surface area (Å²) in [6.45, 7) is 2.53. The van der Waals surface area contributed by atoms with Crippen molar-refractivity contribution in [1.82, 2.24) is 24.5 Å². The van der Waals surface area contributed by atoms with Gasteiger partial charge >= 0.3 is 0 Å². The second kappa shape index (κ2) is 7.14. The monoisotopic (exact) mass is 408 g/mol. The summed E-state index contributed by atoms with van der Waals surface area (Å²) in [6.07, 6.45) is 8.53. The highest BCUT2D eigenvalue weighted by Crippen LogP contribution is 2.31. The fraction of sp³-hybridized carbons (Fsp3) is 0.412. The Kier molecular flexibility index (Phi) is 4.83. The summed E-state index contributed by atoms with van der Waals surface area (Å²) in [7, 11) is -3.34. The van der Waals surface area contributed by atoms with Gasteiger partial charge < -0.3 is 4.40 Å². The van der Waals surface area contributed by atoms with E-state index in [0.29, 0.717) is 10.7 Å². The molecule has 4 heterocycles. The minimum absolute atomic E-state index is 0.192. The number of hydrogen-bond acceptors (Lipinski definition) is 5. The summed E-state index contributed by atoms with van der Waals surface area (Å²) in [5.74, 6) is 0.192. The minimum Gasteiger partial charge on any atom is -0.305 e. The molecule has 4 rings (SSSR count). The molecule has 27 heavy (non-hydrogen) atoms. The van der Waals surface area contributed by atoms with Crippen molar-refractivity contribution in [2.45, 2.75) is 25.3 Å². The first-order valence-electron chi connectivity index (χ1n) is 8.74. The summed E-state index contributed by atoms with van der Waals surface area (Å²) in [5.41, 5.74) is 3.23. The third-order valence-electron chi connectivity index (χ3n) is 4.73. The minimum atomic E-state index is -3.34. The third kappa shape index (κ3) is 4.26. The number of aromatic nitrogens is 4. The SMILES string of the molecule is CS(=O)(=O)Nc1cn[nH]c1C1CCCN(Cc2cn3cc(Cl)ccc3n2)C1. The fourth-order valence-electron chi connectivity index (χ4n) is 3.65. The number of nitrogens with one attached hydrogen (secondary N) is 2. The lowest BCUT2D eigenvalue weighted by atomic mass is 9.94. The van der Waals surface area contributed by atoms with Gasteiger partial charge in [0, 0.05) is 31.4 Å². The van der Waals surface area contributed by atoms with Crippen LogP contribution in [0.3, 0.4) is 0 Å². The van der Waals surface area contributed by atoms with E-state index in [0.717, 1.165) is 55.8 Å². The van der Waals surface area contributed by atoms with Gasteiger partial charge in [0.1, 0.15) is 5.65 Å². The molecule has 8 nitrogen and oxygen atoms in total. The van der Waals surface area contributed by atoms with E-state index in [1.807, 2.05) is 28.9 Å². The normalized spacial score (nSPS) is 18.8. The molecular formula is C17H21ClN6O2S. The molecule has 10 heteroatoms. The number of fused-ring (bicyclic) bond motifs is 1. The number of hydrogen-bond donors (Lipinski definition) is 2. The summed E-state index contributed by atoms with van der Waals surface area (Å²) in [6, 6.07) is 3.73. The maximum Gasteiger partial charge on any atom is 0.229 e. The van der Waals surface area contributed by atoms with Gasteiger partial charge in [0.05, 0.1) is 34.6 Å². The Labute approximate surface area is 162 Å². The van der Waals surface area contributed by atoms with Crippen LogP contribution in [0.1, 0.15) is 30.1 Å². The van der Waals surface area contributed by atoms with Gasteiger partial charge in [0.2, 0.25) is 10.0 Å². The van der Waals surface area contributed by atoms with Gasteiger partial charge in [-0.3, -0.25) is 14.7 Å². The van der Waals surface area contributed by atoms with Crippen molar-refractivity contribution >= 4 is 33.0 Å². The van der Waals surface area contributed by atoms with Crippen molar-refractivity contribution in [3.05, 3.63) is 47.1 Å². The van der Waals surface area contributed by atoms with Gasteiger partial charge in [-0.1, -0.05) is 11.6 Å². The molecule has 1 aliphatic rings. The number of aromatic amines is 1. The maximum absolute atomic E-state index is 11.6. The van der Waals surface area contributed by atoms with Crippen LogP contribution in [0.4, 0.5) is 5.69 Å². The van der Waals surface area contributed by atoms with Crippen molar-refractivity contribution in [2.75, 3.05) is 24.1 Å². The lowest BCUT2D eigenvalue weighted by Gasteiger charge is -2.32. The van der Waals surface area contributed by atoms with E-state index in [4.69, 9.17) is 11.6 Å². The first kappa shape index (κ1) is 18.3. The Morgan fingerprint density at radius 1 is 1.37 bits per heavy atom. The van der Waals surface area contributed by atoms with Crippen molar-refractivity contribution < 1.29 is 8.42 Å². The number of rotatable bonds is 5. The molecule has 0 bridgehead atoms. The number of anilines is 1. The summed E-state index contributed by atoms with van der Waals surface area (Å²) < 4.78 is 27.6. The molecule has 1 aliphatic heterocycles. The lowest BCUT2D eigenvalue weighted by Crippen LogP contribution is -2.34. The number of piperidine rings is 1. The third-order valence-corrected chi connectivity index (χ3v) is 5.54. The molecule has 0 aliphatic carbocycles. The number of likely N-dealkylation sites (tertiary alicyclic amines) is 1. The second-order valence-electron chi connectivity index (χ2n) is 6.99. The molecule has 1 atom stereocenters. The molecule has 1 saturated heterocycles. The Morgan fingerprint density at radius 2 is 2.22 bits per heavy atom. The molecule has 0 amide bonds. The Balaban J connectivity index is 1.49. The number of sulfonamides is 1. The van der Waals surface area contributed by atoms with Gasteiger partial charge in [-0.2, -0.15) is 5.10 Å².